The maximum atomic E-state index is 11.9. The van der Waals surface area contributed by atoms with Gasteiger partial charge in [0.25, 0.3) is 0 Å². The lowest BCUT2D eigenvalue weighted by Gasteiger charge is -1.97. The molecule has 0 N–H and O–H groups in total. The molecule has 0 unspecified atom stereocenters. The first-order chi connectivity index (χ1) is 7.79. The van der Waals surface area contributed by atoms with Crippen molar-refractivity contribution in [3.63, 3.8) is 0 Å². The molecule has 0 spiro atoms. The second-order valence-corrected chi connectivity index (χ2v) is 3.71. The second kappa shape index (κ2) is 4.75. The zero-order valence-corrected chi connectivity index (χ0v) is 9.34. The van der Waals surface area contributed by atoms with Crippen molar-refractivity contribution in [1.29, 1.82) is 0 Å². The maximum Gasteiger partial charge on any atom is 0.244 e. The van der Waals surface area contributed by atoms with E-state index in [1.807, 2.05) is 58.2 Å². The SMILES string of the molecule is CCn1cc[n+](CC(=O)c2ccccc2)c1. The van der Waals surface area contributed by atoms with Crippen molar-refractivity contribution in [2.24, 2.45) is 0 Å². The topological polar surface area (TPSA) is 25.9 Å². The molecule has 0 aliphatic rings. The molecule has 3 heteroatoms. The number of nitrogens with zero attached hydrogens (tertiary/aromatic N) is 2. The minimum absolute atomic E-state index is 0.138. The van der Waals surface area contributed by atoms with E-state index < -0.39 is 0 Å². The van der Waals surface area contributed by atoms with E-state index in [0.29, 0.717) is 6.54 Å². The van der Waals surface area contributed by atoms with E-state index in [1.165, 1.54) is 0 Å². The van der Waals surface area contributed by atoms with Gasteiger partial charge in [0, 0.05) is 5.56 Å². The standard InChI is InChI=1S/C13H15N2O/c1-2-14-8-9-15(11-14)10-13(16)12-6-4-3-5-7-12/h3-9,11H,2,10H2,1H3/q+1. The molecule has 1 heterocycles. The van der Waals surface area contributed by atoms with Crippen molar-refractivity contribution in [2.75, 3.05) is 0 Å². The summed E-state index contributed by atoms with van der Waals surface area (Å²) in [5, 5.41) is 0. The van der Waals surface area contributed by atoms with E-state index in [1.54, 1.807) is 0 Å². The summed E-state index contributed by atoms with van der Waals surface area (Å²) in [6, 6.07) is 9.38. The van der Waals surface area contributed by atoms with Crippen LogP contribution in [-0.2, 0) is 13.1 Å². The molecule has 0 amide bonds. The quantitative estimate of drug-likeness (QED) is 0.563. The van der Waals surface area contributed by atoms with Crippen LogP contribution in [0.3, 0.4) is 0 Å². The van der Waals surface area contributed by atoms with Gasteiger partial charge in [0.2, 0.25) is 12.1 Å². The molecular formula is C13H15N2O+. The Bertz CT molecular complexity index is 474. The Morgan fingerprint density at radius 2 is 2.06 bits per heavy atom. The summed E-state index contributed by atoms with van der Waals surface area (Å²) < 4.78 is 3.94. The molecule has 3 nitrogen and oxygen atoms in total. The number of carbonyl (C=O) groups excluding carboxylic acids is 1. The number of hydrogen-bond acceptors (Lipinski definition) is 1. The monoisotopic (exact) mass is 215 g/mol. The summed E-state index contributed by atoms with van der Waals surface area (Å²) in [7, 11) is 0. The smallest absolute Gasteiger partial charge is 0.244 e. The van der Waals surface area contributed by atoms with Gasteiger partial charge in [0.15, 0.2) is 6.54 Å². The van der Waals surface area contributed by atoms with Gasteiger partial charge in [-0.15, -0.1) is 0 Å². The van der Waals surface area contributed by atoms with Gasteiger partial charge < -0.3 is 0 Å². The first-order valence-corrected chi connectivity index (χ1v) is 5.42. The Morgan fingerprint density at radius 1 is 1.31 bits per heavy atom. The summed E-state index contributed by atoms with van der Waals surface area (Å²) in [4.78, 5) is 11.9. The zero-order chi connectivity index (χ0) is 11.4. The third-order valence-electron chi connectivity index (χ3n) is 2.53. The number of benzene rings is 1. The van der Waals surface area contributed by atoms with Gasteiger partial charge in [-0.2, -0.15) is 0 Å². The Labute approximate surface area is 95.0 Å². The van der Waals surface area contributed by atoms with Gasteiger partial charge in [-0.05, 0) is 6.92 Å². The van der Waals surface area contributed by atoms with Crippen molar-refractivity contribution in [3.05, 3.63) is 54.6 Å². The highest BCUT2D eigenvalue weighted by atomic mass is 16.1. The van der Waals surface area contributed by atoms with Gasteiger partial charge >= 0.3 is 0 Å². The fourth-order valence-electron chi connectivity index (χ4n) is 1.60. The Balaban J connectivity index is 2.08. The van der Waals surface area contributed by atoms with Crippen LogP contribution in [0.4, 0.5) is 0 Å². The molecule has 0 fully saturated rings. The van der Waals surface area contributed by atoms with E-state index in [9.17, 15) is 4.79 Å². The number of hydrogen-bond donors (Lipinski definition) is 0. The number of carbonyl (C=O) groups is 1. The molecule has 2 aromatic rings. The van der Waals surface area contributed by atoms with E-state index in [2.05, 4.69) is 6.92 Å². The lowest BCUT2D eigenvalue weighted by atomic mass is 10.1. The number of aryl methyl sites for hydroxylation is 1. The highest BCUT2D eigenvalue weighted by Gasteiger charge is 2.10. The van der Waals surface area contributed by atoms with Crippen LogP contribution in [0.5, 0.6) is 0 Å². The van der Waals surface area contributed by atoms with Crippen molar-refractivity contribution in [1.82, 2.24) is 4.57 Å². The molecule has 2 rings (SSSR count). The van der Waals surface area contributed by atoms with E-state index in [0.717, 1.165) is 12.1 Å². The summed E-state index contributed by atoms with van der Waals surface area (Å²) in [5.41, 5.74) is 0.763. The summed E-state index contributed by atoms with van der Waals surface area (Å²) in [5.74, 6) is 0.138. The number of Topliss-reactive ketones (excluding diaryl/α,β-unsaturated/α-hetero) is 1. The molecule has 16 heavy (non-hydrogen) atoms. The highest BCUT2D eigenvalue weighted by molar-refractivity contribution is 5.94. The van der Waals surface area contributed by atoms with Crippen molar-refractivity contribution in [3.8, 4) is 0 Å². The average molecular weight is 215 g/mol. The highest BCUT2D eigenvalue weighted by Crippen LogP contribution is 1.99. The third-order valence-corrected chi connectivity index (χ3v) is 2.53. The Hall–Kier alpha value is -1.90. The number of aromatic nitrogens is 2. The molecule has 82 valence electrons. The number of imidazole rings is 1. The molecule has 0 saturated carbocycles. The lowest BCUT2D eigenvalue weighted by Crippen LogP contribution is -2.35. The third kappa shape index (κ3) is 2.37. The predicted octanol–water partition coefficient (Wildman–Crippen LogP) is 1.68. The zero-order valence-electron chi connectivity index (χ0n) is 9.34. The number of rotatable bonds is 4. The predicted molar refractivity (Wildman–Crippen MR) is 61.1 cm³/mol. The van der Waals surface area contributed by atoms with Crippen LogP contribution < -0.4 is 4.57 Å². The summed E-state index contributed by atoms with van der Waals surface area (Å²) in [6.07, 6.45) is 5.84. The van der Waals surface area contributed by atoms with Crippen LogP contribution in [0.2, 0.25) is 0 Å². The molecule has 0 bridgehead atoms. The molecule has 1 aromatic heterocycles. The normalized spacial score (nSPS) is 10.3. The first kappa shape index (κ1) is 10.6. The summed E-state index contributed by atoms with van der Waals surface area (Å²) in [6.45, 7) is 3.40. The Kier molecular flexibility index (Phi) is 3.15. The van der Waals surface area contributed by atoms with Crippen molar-refractivity contribution in [2.45, 2.75) is 20.0 Å². The van der Waals surface area contributed by atoms with Crippen molar-refractivity contribution < 1.29 is 9.36 Å². The average Bonchev–Trinajstić information content (AvgIpc) is 2.78. The van der Waals surface area contributed by atoms with Crippen molar-refractivity contribution >= 4 is 5.78 Å². The van der Waals surface area contributed by atoms with Gasteiger partial charge in [0.1, 0.15) is 12.4 Å². The molecule has 0 saturated heterocycles. The van der Waals surface area contributed by atoms with Crippen LogP contribution in [0.1, 0.15) is 17.3 Å². The molecular weight excluding hydrogens is 200 g/mol. The molecule has 0 radical (unpaired) electrons. The van der Waals surface area contributed by atoms with Gasteiger partial charge in [-0.3, -0.25) is 4.79 Å². The minimum atomic E-state index is 0.138. The lowest BCUT2D eigenvalue weighted by molar-refractivity contribution is -0.682. The van der Waals surface area contributed by atoms with Crippen LogP contribution in [0.15, 0.2) is 49.1 Å². The molecule has 1 aromatic carbocycles. The second-order valence-electron chi connectivity index (χ2n) is 3.71. The fraction of sp³-hybridized carbons (Fsp3) is 0.231. The van der Waals surface area contributed by atoms with E-state index in [-0.39, 0.29) is 5.78 Å². The molecule has 0 aliphatic carbocycles. The van der Waals surface area contributed by atoms with Crippen LogP contribution in [0, 0.1) is 0 Å². The summed E-state index contributed by atoms with van der Waals surface area (Å²) >= 11 is 0. The van der Waals surface area contributed by atoms with E-state index in [4.69, 9.17) is 0 Å². The largest absolute Gasteiger partial charge is 0.290 e. The molecule has 0 aliphatic heterocycles. The van der Waals surface area contributed by atoms with Crippen LogP contribution in [-0.4, -0.2) is 10.4 Å². The van der Waals surface area contributed by atoms with Gasteiger partial charge in [-0.25, -0.2) is 9.13 Å². The molecule has 0 atom stereocenters. The van der Waals surface area contributed by atoms with E-state index >= 15 is 0 Å². The number of ketones is 1. The Morgan fingerprint density at radius 3 is 2.69 bits per heavy atom. The first-order valence-electron chi connectivity index (χ1n) is 5.42. The maximum absolute atomic E-state index is 11.9. The minimum Gasteiger partial charge on any atom is -0.290 e. The fourth-order valence-corrected chi connectivity index (χ4v) is 1.60. The van der Waals surface area contributed by atoms with Gasteiger partial charge in [-0.1, -0.05) is 30.3 Å². The van der Waals surface area contributed by atoms with Crippen LogP contribution in [0.25, 0.3) is 0 Å². The van der Waals surface area contributed by atoms with Gasteiger partial charge in [0.05, 0.1) is 6.54 Å². The van der Waals surface area contributed by atoms with Crippen LogP contribution >= 0.6 is 0 Å².